The average molecular weight is 387 g/mol. The summed E-state index contributed by atoms with van der Waals surface area (Å²) >= 11 is 0. The number of carbonyl (C=O) groups excluding carboxylic acids is 1. The van der Waals surface area contributed by atoms with Crippen molar-refractivity contribution in [1.29, 1.82) is 5.26 Å². The first-order chi connectivity index (χ1) is 13.9. The number of benzene rings is 3. The van der Waals surface area contributed by atoms with Gasteiger partial charge in [0, 0.05) is 12.1 Å². The molecule has 0 spiro atoms. The number of likely N-dealkylation sites (N-methyl/N-ethyl adjacent to an activating group) is 1. The van der Waals surface area contributed by atoms with Gasteiger partial charge in [-0.15, -0.1) is 0 Å². The summed E-state index contributed by atoms with van der Waals surface area (Å²) in [6, 6.07) is 21.5. The van der Waals surface area contributed by atoms with Crippen LogP contribution in [0.5, 0.6) is 5.75 Å². The van der Waals surface area contributed by atoms with Crippen LogP contribution in [0.1, 0.15) is 23.6 Å². The van der Waals surface area contributed by atoms with Crippen molar-refractivity contribution >= 4 is 16.7 Å². The maximum atomic E-state index is 13.3. The Labute approximate surface area is 171 Å². The summed E-state index contributed by atoms with van der Waals surface area (Å²) < 4.78 is 5.54. The summed E-state index contributed by atoms with van der Waals surface area (Å²) in [5, 5.41) is 14.5. The number of hydrogen-bond acceptors (Lipinski definition) is 4. The zero-order valence-corrected chi connectivity index (χ0v) is 17.2. The second kappa shape index (κ2) is 8.34. The molecular weight excluding hydrogens is 362 g/mol. The quantitative estimate of drug-likeness (QED) is 0.698. The summed E-state index contributed by atoms with van der Waals surface area (Å²) in [6.45, 7) is 2.16. The number of fused-ring (bicyclic) bond motifs is 1. The van der Waals surface area contributed by atoms with Gasteiger partial charge in [0.1, 0.15) is 17.4 Å². The second-order valence-corrected chi connectivity index (χ2v) is 7.28. The van der Waals surface area contributed by atoms with Crippen LogP contribution in [0.25, 0.3) is 10.8 Å². The van der Waals surface area contributed by atoms with Crippen molar-refractivity contribution in [3.63, 3.8) is 0 Å². The highest BCUT2D eigenvalue weighted by molar-refractivity contribution is 5.91. The predicted octanol–water partition coefficient (Wildman–Crippen LogP) is 3.81. The Balaban J connectivity index is 2.00. The molecule has 3 aromatic carbocycles. The van der Waals surface area contributed by atoms with E-state index in [0.29, 0.717) is 11.3 Å². The fraction of sp³-hybridized carbons (Fsp3) is 0.250. The maximum absolute atomic E-state index is 13.3. The summed E-state index contributed by atoms with van der Waals surface area (Å²) in [4.78, 5) is 15.2. The van der Waals surface area contributed by atoms with Gasteiger partial charge in [0.05, 0.1) is 12.7 Å². The van der Waals surface area contributed by atoms with Gasteiger partial charge in [-0.2, -0.15) is 5.26 Å². The number of ether oxygens (including phenoxy) is 1. The zero-order valence-electron chi connectivity index (χ0n) is 17.2. The van der Waals surface area contributed by atoms with Crippen molar-refractivity contribution in [1.82, 2.24) is 10.2 Å². The number of carbonyl (C=O) groups is 1. The van der Waals surface area contributed by atoms with Crippen LogP contribution in [-0.2, 0) is 16.9 Å². The Morgan fingerprint density at radius 2 is 1.79 bits per heavy atom. The molecule has 0 aromatic heterocycles. The van der Waals surface area contributed by atoms with E-state index in [0.717, 1.165) is 21.9 Å². The third-order valence-corrected chi connectivity index (χ3v) is 5.53. The Morgan fingerprint density at radius 3 is 2.41 bits per heavy atom. The molecule has 3 rings (SSSR count). The lowest BCUT2D eigenvalue weighted by Gasteiger charge is -2.35. The lowest BCUT2D eigenvalue weighted by molar-refractivity contribution is -0.131. The third-order valence-electron chi connectivity index (χ3n) is 5.53. The summed E-state index contributed by atoms with van der Waals surface area (Å²) in [7, 11) is 5.32. The molecule has 0 radical (unpaired) electrons. The predicted molar refractivity (Wildman–Crippen MR) is 115 cm³/mol. The molecule has 3 aromatic rings. The van der Waals surface area contributed by atoms with Gasteiger partial charge < -0.3 is 10.1 Å². The lowest BCUT2D eigenvalue weighted by Crippen LogP contribution is -2.51. The molecule has 5 heteroatoms. The van der Waals surface area contributed by atoms with Gasteiger partial charge in [-0.25, -0.2) is 0 Å². The number of methoxy groups -OCH3 is 1. The first-order valence-corrected chi connectivity index (χ1v) is 9.43. The van der Waals surface area contributed by atoms with Gasteiger partial charge in [0.15, 0.2) is 0 Å². The zero-order chi connectivity index (χ0) is 21.0. The lowest BCUT2D eigenvalue weighted by atomic mass is 9.89. The maximum Gasteiger partial charge on any atom is 0.245 e. The van der Waals surface area contributed by atoms with E-state index >= 15 is 0 Å². The van der Waals surface area contributed by atoms with E-state index in [4.69, 9.17) is 4.74 Å². The third kappa shape index (κ3) is 3.67. The van der Waals surface area contributed by atoms with Crippen molar-refractivity contribution in [2.45, 2.75) is 19.0 Å². The molecule has 1 unspecified atom stereocenters. The second-order valence-electron chi connectivity index (χ2n) is 7.28. The number of rotatable bonds is 6. The first-order valence-electron chi connectivity index (χ1n) is 9.43. The van der Waals surface area contributed by atoms with Crippen LogP contribution in [0.3, 0.4) is 0 Å². The standard InChI is InChI=1S/C24H25N3O2/c1-24(27(2)3,19-11-6-5-7-12-19)23(28)26-16-21-20-13-9-8-10-17(20)14-18(15-25)22(21)29-4/h5-14H,16H2,1-4H3,(H,26,28). The first kappa shape index (κ1) is 20.4. The molecule has 1 amide bonds. The number of nitriles is 1. The fourth-order valence-corrected chi connectivity index (χ4v) is 3.59. The molecule has 0 heterocycles. The van der Waals surface area contributed by atoms with Gasteiger partial charge in [-0.1, -0.05) is 54.6 Å². The van der Waals surface area contributed by atoms with E-state index in [1.54, 1.807) is 7.11 Å². The van der Waals surface area contributed by atoms with E-state index in [2.05, 4.69) is 11.4 Å². The molecule has 148 valence electrons. The Morgan fingerprint density at radius 1 is 1.14 bits per heavy atom. The number of nitrogens with zero attached hydrogens (tertiary/aromatic N) is 2. The molecule has 1 N–H and O–H groups in total. The van der Waals surface area contributed by atoms with Gasteiger partial charge >= 0.3 is 0 Å². The molecule has 0 aliphatic heterocycles. The molecule has 1 atom stereocenters. The minimum atomic E-state index is -0.836. The Kier molecular flexibility index (Phi) is 5.86. The highest BCUT2D eigenvalue weighted by atomic mass is 16.5. The van der Waals surface area contributed by atoms with Crippen LogP contribution in [0.4, 0.5) is 0 Å². The minimum Gasteiger partial charge on any atom is -0.495 e. The smallest absolute Gasteiger partial charge is 0.245 e. The van der Waals surface area contributed by atoms with Gasteiger partial charge in [0.2, 0.25) is 5.91 Å². The highest BCUT2D eigenvalue weighted by Crippen LogP contribution is 2.32. The largest absolute Gasteiger partial charge is 0.495 e. The normalized spacial score (nSPS) is 13.0. The van der Waals surface area contributed by atoms with E-state index in [9.17, 15) is 10.1 Å². The number of nitrogens with one attached hydrogen (secondary N) is 1. The van der Waals surface area contributed by atoms with Gasteiger partial charge in [-0.05, 0) is 43.4 Å². The summed E-state index contributed by atoms with van der Waals surface area (Å²) in [5.41, 5.74) is 1.32. The SMILES string of the molecule is COc1c(C#N)cc2ccccc2c1CNC(=O)C(C)(c1ccccc1)N(C)C. The highest BCUT2D eigenvalue weighted by Gasteiger charge is 2.37. The summed E-state index contributed by atoms with van der Waals surface area (Å²) in [6.07, 6.45) is 0. The van der Waals surface area contributed by atoms with Crippen molar-refractivity contribution in [3.05, 3.63) is 77.4 Å². The molecule has 0 bridgehead atoms. The molecule has 0 aliphatic rings. The van der Waals surface area contributed by atoms with Crippen molar-refractivity contribution < 1.29 is 9.53 Å². The Bertz CT molecular complexity index is 1070. The van der Waals surface area contributed by atoms with Gasteiger partial charge in [0.25, 0.3) is 0 Å². The monoisotopic (exact) mass is 387 g/mol. The molecular formula is C24H25N3O2. The molecule has 0 saturated heterocycles. The molecule has 29 heavy (non-hydrogen) atoms. The van der Waals surface area contributed by atoms with Crippen molar-refractivity contribution in [3.8, 4) is 11.8 Å². The van der Waals surface area contributed by atoms with Crippen LogP contribution in [0, 0.1) is 11.3 Å². The number of hydrogen-bond donors (Lipinski definition) is 1. The fourth-order valence-electron chi connectivity index (χ4n) is 3.59. The van der Waals surface area contributed by atoms with Crippen molar-refractivity contribution in [2.24, 2.45) is 0 Å². The minimum absolute atomic E-state index is 0.123. The average Bonchev–Trinajstić information content (AvgIpc) is 2.76. The van der Waals surface area contributed by atoms with Crippen molar-refractivity contribution in [2.75, 3.05) is 21.2 Å². The van der Waals surface area contributed by atoms with Gasteiger partial charge in [-0.3, -0.25) is 9.69 Å². The molecule has 0 fully saturated rings. The van der Waals surface area contributed by atoms with Crippen LogP contribution < -0.4 is 10.1 Å². The van der Waals surface area contributed by atoms with E-state index in [-0.39, 0.29) is 12.5 Å². The Hall–Kier alpha value is -3.36. The van der Waals surface area contributed by atoms with E-state index < -0.39 is 5.54 Å². The van der Waals surface area contributed by atoms with Crippen LogP contribution in [0.2, 0.25) is 0 Å². The molecule has 0 aliphatic carbocycles. The van der Waals surface area contributed by atoms with Crippen LogP contribution in [0.15, 0.2) is 60.7 Å². The van der Waals surface area contributed by atoms with Crippen LogP contribution >= 0.6 is 0 Å². The van der Waals surface area contributed by atoms with E-state index in [1.165, 1.54) is 0 Å². The summed E-state index contributed by atoms with van der Waals surface area (Å²) in [5.74, 6) is 0.375. The number of amides is 1. The van der Waals surface area contributed by atoms with Crippen LogP contribution in [-0.4, -0.2) is 32.0 Å². The van der Waals surface area contributed by atoms with E-state index in [1.807, 2.05) is 86.6 Å². The molecule has 0 saturated carbocycles. The topological polar surface area (TPSA) is 65.4 Å². The molecule has 5 nitrogen and oxygen atoms in total.